The molecular formula is C21H26N2O3. The lowest BCUT2D eigenvalue weighted by molar-refractivity contribution is 0.168. The topological polar surface area (TPSA) is 78.5 Å². The lowest BCUT2D eigenvalue weighted by Gasteiger charge is -2.34. The summed E-state index contributed by atoms with van der Waals surface area (Å²) in [7, 11) is 1.84. The second kappa shape index (κ2) is 6.65. The van der Waals surface area contributed by atoms with E-state index in [4.69, 9.17) is 0 Å². The fourth-order valence-corrected chi connectivity index (χ4v) is 3.88. The van der Waals surface area contributed by atoms with Crippen molar-refractivity contribution in [2.24, 2.45) is 13.0 Å². The maximum Gasteiger partial charge on any atom is 0.123 e. The monoisotopic (exact) mass is 354 g/mol. The van der Waals surface area contributed by atoms with Gasteiger partial charge < -0.3 is 15.3 Å². The Morgan fingerprint density at radius 2 is 1.85 bits per heavy atom. The third-order valence-corrected chi connectivity index (χ3v) is 5.31. The number of hydrogen-bond donors (Lipinski definition) is 3. The van der Waals surface area contributed by atoms with Gasteiger partial charge in [0.25, 0.3) is 0 Å². The van der Waals surface area contributed by atoms with Gasteiger partial charge in [0.05, 0.1) is 11.8 Å². The molecule has 0 spiro atoms. The van der Waals surface area contributed by atoms with Gasteiger partial charge in [-0.05, 0) is 56.4 Å². The zero-order valence-electron chi connectivity index (χ0n) is 15.7. The molecule has 0 radical (unpaired) electrons. The maximum absolute atomic E-state index is 10.7. The molecule has 1 aromatic carbocycles. The van der Waals surface area contributed by atoms with Crippen LogP contribution >= 0.6 is 0 Å². The Morgan fingerprint density at radius 3 is 2.35 bits per heavy atom. The van der Waals surface area contributed by atoms with Crippen LogP contribution in [0.3, 0.4) is 0 Å². The third-order valence-electron chi connectivity index (χ3n) is 5.31. The van der Waals surface area contributed by atoms with Crippen molar-refractivity contribution in [1.29, 1.82) is 0 Å². The molecule has 1 heterocycles. The largest absolute Gasteiger partial charge is 0.507 e. The second-order valence-corrected chi connectivity index (χ2v) is 7.37. The van der Waals surface area contributed by atoms with Gasteiger partial charge in [-0.3, -0.25) is 4.68 Å². The highest BCUT2D eigenvalue weighted by Crippen LogP contribution is 2.47. The van der Waals surface area contributed by atoms with E-state index in [2.05, 4.69) is 11.7 Å². The van der Waals surface area contributed by atoms with E-state index in [1.165, 1.54) is 0 Å². The molecule has 3 rings (SSSR count). The molecule has 3 atom stereocenters. The molecule has 1 aromatic heterocycles. The van der Waals surface area contributed by atoms with E-state index >= 15 is 0 Å². The van der Waals surface area contributed by atoms with Crippen molar-refractivity contribution in [3.63, 3.8) is 0 Å². The van der Waals surface area contributed by atoms with E-state index < -0.39 is 6.10 Å². The summed E-state index contributed by atoms with van der Waals surface area (Å²) in [5.74, 6) is -0.184. The van der Waals surface area contributed by atoms with Gasteiger partial charge in [-0.1, -0.05) is 18.2 Å². The normalized spacial score (nSPS) is 23.0. The molecule has 5 heteroatoms. The highest BCUT2D eigenvalue weighted by Gasteiger charge is 2.33. The van der Waals surface area contributed by atoms with Crippen molar-refractivity contribution in [1.82, 2.24) is 9.78 Å². The lowest BCUT2D eigenvalue weighted by Crippen LogP contribution is -2.26. The number of benzene rings is 1. The first-order valence-electron chi connectivity index (χ1n) is 8.77. The van der Waals surface area contributed by atoms with Crippen LogP contribution in [-0.4, -0.2) is 31.2 Å². The minimum Gasteiger partial charge on any atom is -0.507 e. The fraction of sp³-hybridized carbons (Fsp3) is 0.381. The number of aromatic hydroxyl groups is 2. The number of phenolic OH excluding ortho intramolecular Hbond substituents is 2. The minimum absolute atomic E-state index is 0.0416. The van der Waals surface area contributed by atoms with Crippen LogP contribution in [0, 0.1) is 12.8 Å². The number of allylic oxidation sites excluding steroid dienone is 2. The average Bonchev–Trinajstić information content (AvgIpc) is 2.88. The van der Waals surface area contributed by atoms with Crippen LogP contribution in [0.5, 0.6) is 11.5 Å². The van der Waals surface area contributed by atoms with Crippen LogP contribution in [-0.2, 0) is 7.05 Å². The van der Waals surface area contributed by atoms with E-state index in [1.54, 1.807) is 16.8 Å². The Bertz CT molecular complexity index is 872. The van der Waals surface area contributed by atoms with Crippen LogP contribution in [0.1, 0.15) is 37.4 Å². The summed E-state index contributed by atoms with van der Waals surface area (Å²) in [5, 5.41) is 36.0. The number of rotatable bonds is 3. The number of aliphatic hydroxyl groups excluding tert-OH is 1. The first-order chi connectivity index (χ1) is 12.2. The van der Waals surface area contributed by atoms with Crippen LogP contribution in [0.15, 0.2) is 42.1 Å². The summed E-state index contributed by atoms with van der Waals surface area (Å²) in [6.07, 6.45) is 3.80. The average molecular weight is 354 g/mol. The van der Waals surface area contributed by atoms with Crippen molar-refractivity contribution in [3.8, 4) is 22.6 Å². The zero-order chi connectivity index (χ0) is 19.2. The molecular weight excluding hydrogens is 328 g/mol. The fourth-order valence-electron chi connectivity index (χ4n) is 3.88. The molecule has 0 saturated carbocycles. The molecule has 1 aliphatic carbocycles. The molecule has 2 aromatic rings. The van der Waals surface area contributed by atoms with Gasteiger partial charge in [-0.15, -0.1) is 0 Å². The third kappa shape index (κ3) is 3.15. The Balaban J connectivity index is 2.11. The molecule has 5 nitrogen and oxygen atoms in total. The second-order valence-electron chi connectivity index (χ2n) is 7.37. The lowest BCUT2D eigenvalue weighted by atomic mass is 9.72. The number of phenols is 2. The van der Waals surface area contributed by atoms with Gasteiger partial charge in [-0.25, -0.2) is 0 Å². The van der Waals surface area contributed by atoms with Crippen LogP contribution < -0.4 is 0 Å². The number of aromatic nitrogens is 2. The van der Waals surface area contributed by atoms with E-state index in [0.29, 0.717) is 12.0 Å². The summed E-state index contributed by atoms with van der Waals surface area (Å²) in [6.45, 7) is 9.72. The quantitative estimate of drug-likeness (QED) is 0.733. The summed E-state index contributed by atoms with van der Waals surface area (Å²) in [5.41, 5.74) is 4.66. The SMILES string of the molecule is C=C(C)C1CC(O)C(C)=CC1c1c(O)cc(-c2cn(C)nc2C)cc1O. The molecule has 138 valence electrons. The van der Waals surface area contributed by atoms with Crippen molar-refractivity contribution < 1.29 is 15.3 Å². The Morgan fingerprint density at radius 1 is 1.23 bits per heavy atom. The van der Waals surface area contributed by atoms with Gasteiger partial charge in [0, 0.05) is 30.3 Å². The van der Waals surface area contributed by atoms with Crippen molar-refractivity contribution >= 4 is 0 Å². The van der Waals surface area contributed by atoms with Gasteiger partial charge in [-0.2, -0.15) is 5.10 Å². The summed E-state index contributed by atoms with van der Waals surface area (Å²) >= 11 is 0. The summed E-state index contributed by atoms with van der Waals surface area (Å²) in [4.78, 5) is 0. The highest BCUT2D eigenvalue weighted by atomic mass is 16.3. The van der Waals surface area contributed by atoms with Crippen molar-refractivity contribution in [3.05, 3.63) is 53.4 Å². The van der Waals surface area contributed by atoms with Gasteiger partial charge in [0.1, 0.15) is 11.5 Å². The summed E-state index contributed by atoms with van der Waals surface area (Å²) in [6, 6.07) is 3.34. The van der Waals surface area contributed by atoms with E-state index in [9.17, 15) is 15.3 Å². The van der Waals surface area contributed by atoms with Gasteiger partial charge in [0.2, 0.25) is 0 Å². The molecule has 0 aliphatic heterocycles. The van der Waals surface area contributed by atoms with E-state index in [-0.39, 0.29) is 23.3 Å². The first kappa shape index (κ1) is 18.3. The van der Waals surface area contributed by atoms with Crippen LogP contribution in [0.2, 0.25) is 0 Å². The van der Waals surface area contributed by atoms with Crippen LogP contribution in [0.4, 0.5) is 0 Å². The van der Waals surface area contributed by atoms with Gasteiger partial charge >= 0.3 is 0 Å². The van der Waals surface area contributed by atoms with E-state index in [1.807, 2.05) is 40.1 Å². The molecule has 3 unspecified atom stereocenters. The molecule has 3 N–H and O–H groups in total. The Labute approximate surface area is 153 Å². The van der Waals surface area contributed by atoms with Crippen LogP contribution in [0.25, 0.3) is 11.1 Å². The molecule has 26 heavy (non-hydrogen) atoms. The standard InChI is InChI=1S/C21H26N2O3/c1-11(2)15-9-18(24)12(3)6-16(15)21-19(25)7-14(8-20(21)26)17-10-23(5)22-13(17)4/h6-8,10,15-16,18,24-26H,1,9H2,2-5H3. The number of aliphatic hydroxyl groups is 1. The molecule has 0 saturated heterocycles. The molecule has 1 aliphatic rings. The molecule has 0 amide bonds. The van der Waals surface area contributed by atoms with E-state index in [0.717, 1.165) is 28.0 Å². The summed E-state index contributed by atoms with van der Waals surface area (Å²) < 4.78 is 1.71. The predicted octanol–water partition coefficient (Wildman–Crippen LogP) is 3.79. The highest BCUT2D eigenvalue weighted by molar-refractivity contribution is 5.71. The zero-order valence-corrected chi connectivity index (χ0v) is 15.7. The number of aryl methyl sites for hydroxylation is 2. The molecule has 0 bridgehead atoms. The number of hydrogen-bond acceptors (Lipinski definition) is 4. The maximum atomic E-state index is 10.7. The first-order valence-corrected chi connectivity index (χ1v) is 8.77. The Hall–Kier alpha value is -2.53. The minimum atomic E-state index is -0.519. The van der Waals surface area contributed by atoms with Gasteiger partial charge in [0.15, 0.2) is 0 Å². The van der Waals surface area contributed by atoms with Crippen molar-refractivity contribution in [2.45, 2.75) is 39.2 Å². The Kier molecular flexibility index (Phi) is 4.67. The number of nitrogens with zero attached hydrogens (tertiary/aromatic N) is 2. The predicted molar refractivity (Wildman–Crippen MR) is 102 cm³/mol. The van der Waals surface area contributed by atoms with Crippen molar-refractivity contribution in [2.75, 3.05) is 0 Å². The smallest absolute Gasteiger partial charge is 0.123 e. The molecule has 0 fully saturated rings.